The van der Waals surface area contributed by atoms with Crippen molar-refractivity contribution in [2.45, 2.75) is 0 Å². The van der Waals surface area contributed by atoms with E-state index in [1.54, 1.807) is 0 Å². The van der Waals surface area contributed by atoms with Crippen LogP contribution in [-0.2, 0) is 8.12 Å². The summed E-state index contributed by atoms with van der Waals surface area (Å²) in [7, 11) is -4.06. The van der Waals surface area contributed by atoms with E-state index in [4.69, 9.17) is 9.79 Å². The van der Waals surface area contributed by atoms with Gasteiger partial charge in [0.05, 0.1) is 0 Å². The number of phosphoric acid groups is 1. The second kappa shape index (κ2) is 6.90. The van der Waals surface area contributed by atoms with E-state index >= 15 is 0 Å². The first-order valence-corrected chi connectivity index (χ1v) is 4.42. The average Bonchev–Trinajstić information content (AvgIpc) is 1.35. The van der Waals surface area contributed by atoms with Gasteiger partial charge in [0.25, 0.3) is 0 Å². The fourth-order valence-corrected chi connectivity index (χ4v) is 0. The van der Waals surface area contributed by atoms with Gasteiger partial charge in [0.2, 0.25) is 0 Å². The Hall–Kier alpha value is 1.78. The molecule has 0 aliphatic carbocycles. The van der Waals surface area contributed by atoms with Gasteiger partial charge in [-0.2, -0.15) is 0 Å². The monoisotopic (exact) mass is 212 g/mol. The first kappa shape index (κ1) is 16.4. The third-order valence-corrected chi connectivity index (χ3v) is 3.71. The molecule has 0 heterocycles. The Bertz CT molecular complexity index is 80.1. The van der Waals surface area contributed by atoms with Gasteiger partial charge in [-0.3, -0.25) is 0 Å². The summed E-state index contributed by atoms with van der Waals surface area (Å²) in [5, 5.41) is 0. The Morgan fingerprint density at radius 2 is 1.62 bits per heavy atom. The Morgan fingerprint density at radius 1 is 1.50 bits per heavy atom. The zero-order chi connectivity index (χ0) is 5.21. The first-order chi connectivity index (χ1) is 2.56. The normalized spacial score (nSPS) is 9.25. The van der Waals surface area contributed by atoms with E-state index in [1.165, 1.54) is 0 Å². The van der Waals surface area contributed by atoms with Crippen molar-refractivity contribution in [3.63, 3.8) is 0 Å². The molecule has 0 atom stereocenters. The molecule has 0 fully saturated rings. The zero-order valence-corrected chi connectivity index (χ0v) is 8.25. The van der Waals surface area contributed by atoms with Gasteiger partial charge in [0.15, 0.2) is 17.4 Å². The molecule has 0 aliphatic rings. The molecule has 0 amide bonds. The van der Waals surface area contributed by atoms with Crippen molar-refractivity contribution in [1.29, 1.82) is 0 Å². The SMILES string of the molecule is O=P(O)(O)[O][GeH3].[AlH3].[LiH]. The quantitative estimate of drug-likeness (QED) is 0.349. The molecule has 46 valence electrons. The third kappa shape index (κ3) is 15.7. The standard InChI is InChI=1S/Al.GeH5O4P.Li.4H/c;1-5-6(2,3)4;;;;;/h;1H3,(H2,2,3,4);;;;;. The van der Waals surface area contributed by atoms with E-state index in [1.807, 2.05) is 0 Å². The molecule has 8 heteroatoms. The summed E-state index contributed by atoms with van der Waals surface area (Å²) in [5.41, 5.74) is 0. The second-order valence-electron chi connectivity index (χ2n) is 0.673. The molecule has 0 saturated heterocycles. The molecule has 4 nitrogen and oxygen atoms in total. The van der Waals surface area contributed by atoms with E-state index in [9.17, 15) is 4.57 Å². The van der Waals surface area contributed by atoms with Crippen LogP contribution in [0.5, 0.6) is 0 Å². The van der Waals surface area contributed by atoms with Crippen LogP contribution in [0.15, 0.2) is 0 Å². The second-order valence-corrected chi connectivity index (χ2v) is 4.32. The molecule has 0 aromatic rings. The molecule has 2 N–H and O–H groups in total. The summed E-state index contributed by atoms with van der Waals surface area (Å²) < 4.78 is 13.3. The van der Waals surface area contributed by atoms with Crippen molar-refractivity contribution < 1.29 is 17.9 Å². The summed E-state index contributed by atoms with van der Waals surface area (Å²) in [6.45, 7) is 0. The maximum absolute atomic E-state index is 9.52. The van der Waals surface area contributed by atoms with Crippen LogP contribution in [0, 0.1) is 0 Å². The molecule has 8 heavy (non-hydrogen) atoms. The predicted molar refractivity (Wildman–Crippen MR) is 40.2 cm³/mol. The van der Waals surface area contributed by atoms with Gasteiger partial charge in [0, 0.05) is 0 Å². The van der Waals surface area contributed by atoms with E-state index in [0.717, 1.165) is 0 Å². The van der Waals surface area contributed by atoms with Gasteiger partial charge < -0.3 is 0 Å². The van der Waals surface area contributed by atoms with Crippen LogP contribution in [0.2, 0.25) is 0 Å². The maximum atomic E-state index is 9.52. The van der Waals surface area contributed by atoms with Gasteiger partial charge in [0.1, 0.15) is 0 Å². The van der Waals surface area contributed by atoms with Crippen molar-refractivity contribution in [2.75, 3.05) is 0 Å². The van der Waals surface area contributed by atoms with Crippen LogP contribution in [0.1, 0.15) is 0 Å². The van der Waals surface area contributed by atoms with Crippen molar-refractivity contribution in [3.05, 3.63) is 0 Å². The molecule has 0 aromatic carbocycles. The van der Waals surface area contributed by atoms with E-state index in [2.05, 4.69) is 3.55 Å². The summed E-state index contributed by atoms with van der Waals surface area (Å²) in [5.74, 6) is 0. The Balaban J connectivity index is -0.000000125. The molecule has 0 aromatic heterocycles. The fourth-order valence-electron chi connectivity index (χ4n) is 0. The third-order valence-electron chi connectivity index (χ3n) is 0.238. The van der Waals surface area contributed by atoms with Gasteiger partial charge in [-0.1, -0.05) is 0 Å². The van der Waals surface area contributed by atoms with Crippen LogP contribution in [0.4, 0.5) is 0 Å². The van der Waals surface area contributed by atoms with Crippen molar-refractivity contribution >= 4 is 60.9 Å². The molecule has 0 spiro atoms. The summed E-state index contributed by atoms with van der Waals surface area (Å²) in [6, 6.07) is 0. The number of hydrogen-bond donors (Lipinski definition) is 2. The van der Waals surface area contributed by atoms with Crippen LogP contribution >= 0.6 is 7.82 Å². The zero-order valence-electron chi connectivity index (χ0n) is 3.16. The molecule has 0 saturated carbocycles. The molecule has 0 radical (unpaired) electrons. The van der Waals surface area contributed by atoms with Crippen LogP contribution < -0.4 is 0 Å². The van der Waals surface area contributed by atoms with Crippen LogP contribution in [-0.4, -0.2) is 62.9 Å². The summed E-state index contributed by atoms with van der Waals surface area (Å²) in [4.78, 5) is 15.5. The molecule has 0 aliphatic heterocycles. The molecular formula is H9AlGeLiO4P. The first-order valence-electron chi connectivity index (χ1n) is 1.17. The fraction of sp³-hybridized carbons (Fsp3) is 0. The molecule has 0 unspecified atom stereocenters. The van der Waals surface area contributed by atoms with Crippen LogP contribution in [0.25, 0.3) is 0 Å². The minimum atomic E-state index is -4.06. The Labute approximate surface area is 78.5 Å². The molecule has 0 bridgehead atoms. The molecule has 0 rings (SSSR count). The summed E-state index contributed by atoms with van der Waals surface area (Å²) >= 11 is -0.216. The van der Waals surface area contributed by atoms with Crippen molar-refractivity contribution in [2.24, 2.45) is 0 Å². The summed E-state index contributed by atoms with van der Waals surface area (Å²) in [6.07, 6.45) is 0. The predicted octanol–water partition coefficient (Wildman–Crippen LogP) is -3.46. The van der Waals surface area contributed by atoms with Crippen LogP contribution in [0.3, 0.4) is 0 Å². The number of hydrogen-bond acceptors (Lipinski definition) is 2. The topological polar surface area (TPSA) is 66.8 Å². The van der Waals surface area contributed by atoms with E-state index in [0.29, 0.717) is 0 Å². The average molecular weight is 211 g/mol. The van der Waals surface area contributed by atoms with Gasteiger partial charge >= 0.3 is 61.4 Å². The van der Waals surface area contributed by atoms with Gasteiger partial charge in [-0.25, -0.2) is 0 Å². The Morgan fingerprint density at radius 3 is 1.62 bits per heavy atom. The van der Waals surface area contributed by atoms with E-state index in [-0.39, 0.29) is 53.1 Å². The minimum absolute atomic E-state index is 0. The Kier molecular flexibility index (Phi) is 14.1. The van der Waals surface area contributed by atoms with Crippen molar-refractivity contribution in [1.82, 2.24) is 0 Å². The van der Waals surface area contributed by atoms with Crippen molar-refractivity contribution in [3.8, 4) is 0 Å². The molecular weight excluding hydrogens is 202 g/mol. The van der Waals surface area contributed by atoms with E-state index < -0.39 is 7.82 Å². The number of rotatable bonds is 1. The van der Waals surface area contributed by atoms with Gasteiger partial charge in [-0.15, -0.1) is 0 Å². The van der Waals surface area contributed by atoms with Gasteiger partial charge in [-0.05, 0) is 0 Å².